The number of ether oxygens (including phenoxy) is 2. The van der Waals surface area contributed by atoms with Gasteiger partial charge in [0.05, 0.1) is 28.3 Å². The Balaban J connectivity index is 0.000000151. The molecule has 5 heterocycles. The van der Waals surface area contributed by atoms with Gasteiger partial charge in [-0.15, -0.1) is 0 Å². The molecule has 15 heteroatoms. The first-order valence-electron chi connectivity index (χ1n) is 16.3. The van der Waals surface area contributed by atoms with Crippen molar-refractivity contribution in [3.63, 3.8) is 0 Å². The van der Waals surface area contributed by atoms with Crippen molar-refractivity contribution >= 4 is 28.5 Å². The van der Waals surface area contributed by atoms with Crippen molar-refractivity contribution in [2.45, 2.75) is 32.7 Å². The summed E-state index contributed by atoms with van der Waals surface area (Å²) in [5.74, 6) is -2.18. The molecule has 9 rings (SSSR count). The number of fused-ring (bicyclic) bond motifs is 5. The van der Waals surface area contributed by atoms with Crippen LogP contribution in [0.3, 0.4) is 0 Å². The maximum Gasteiger partial charge on any atom is 0.260 e. The SMILES string of the molecule is Cc1ccc2c(n1)C(=O)c1c(c(O)n(C(C)c3ccccc3)c1O)C2=O.O=C1c2c(c(O)c3nccnc3c2O)C(O)N1Cc1ccc2c(c1)OCO2. The average molecular weight is 716 g/mol. The number of rotatable bonds is 4. The molecule has 266 valence electrons. The summed E-state index contributed by atoms with van der Waals surface area (Å²) in [5.41, 5.74) is 1.64. The highest BCUT2D eigenvalue weighted by atomic mass is 16.7. The van der Waals surface area contributed by atoms with Crippen LogP contribution >= 0.6 is 0 Å². The molecule has 6 aromatic rings. The minimum atomic E-state index is -1.43. The summed E-state index contributed by atoms with van der Waals surface area (Å²) in [6.07, 6.45) is 1.26. The second-order valence-electron chi connectivity index (χ2n) is 12.6. The van der Waals surface area contributed by atoms with Crippen LogP contribution in [-0.4, -0.2) is 74.2 Å². The Hall–Kier alpha value is -7.00. The maximum absolute atomic E-state index is 12.9. The van der Waals surface area contributed by atoms with Gasteiger partial charge >= 0.3 is 0 Å². The molecule has 1 amide bonds. The second kappa shape index (κ2) is 12.3. The standard InChI is InChI=1S/C20H16N2O4.C18H13N3O6/c1-10-8-9-13-16(21-10)18(24)15-14(17(13)23)19(25)22(20(15)26)11(2)12-6-4-3-5-7-12;22-15-11-12(16(23)14-13(15)19-3-4-20-14)18(25)21(17(11)24)6-8-1-2-9-10(5-8)27-7-26-9/h3-9,11,25-26H,1-2H3;1-5,17,22-24H,6-7H2. The Morgan fingerprint density at radius 2 is 1.47 bits per heavy atom. The van der Waals surface area contributed by atoms with Crippen molar-refractivity contribution in [3.05, 3.63) is 123 Å². The monoisotopic (exact) mass is 715 g/mol. The Bertz CT molecular complexity index is 2530. The third-order valence-corrected chi connectivity index (χ3v) is 9.50. The summed E-state index contributed by atoms with van der Waals surface area (Å²) in [6, 6.07) is 17.1. The largest absolute Gasteiger partial charge is 0.505 e. The van der Waals surface area contributed by atoms with E-state index in [-0.39, 0.29) is 63.6 Å². The van der Waals surface area contributed by atoms with Crippen LogP contribution in [0.4, 0.5) is 0 Å². The highest BCUT2D eigenvalue weighted by Crippen LogP contribution is 2.47. The van der Waals surface area contributed by atoms with Gasteiger partial charge in [0.15, 0.2) is 29.2 Å². The van der Waals surface area contributed by atoms with Crippen LogP contribution in [0.25, 0.3) is 11.0 Å². The van der Waals surface area contributed by atoms with Crippen LogP contribution in [0.5, 0.6) is 34.8 Å². The zero-order valence-corrected chi connectivity index (χ0v) is 28.0. The van der Waals surface area contributed by atoms with Gasteiger partial charge in [0, 0.05) is 24.6 Å². The fraction of sp³-hybridized carbons (Fsp3) is 0.158. The minimum Gasteiger partial charge on any atom is -0.505 e. The van der Waals surface area contributed by atoms with E-state index in [1.165, 1.54) is 23.0 Å². The van der Waals surface area contributed by atoms with Gasteiger partial charge in [0.1, 0.15) is 22.3 Å². The van der Waals surface area contributed by atoms with Gasteiger partial charge in [0.2, 0.25) is 30.1 Å². The topological polar surface area (TPSA) is 218 Å². The van der Waals surface area contributed by atoms with Crippen molar-refractivity contribution in [1.29, 1.82) is 0 Å². The minimum absolute atomic E-state index is 0.000713. The quantitative estimate of drug-likeness (QED) is 0.160. The number of ketones is 2. The third-order valence-electron chi connectivity index (χ3n) is 9.50. The Kier molecular flexibility index (Phi) is 7.73. The number of hydrogen-bond acceptors (Lipinski definition) is 13. The normalized spacial score (nSPS) is 15.9. The van der Waals surface area contributed by atoms with E-state index in [0.717, 1.165) is 10.5 Å². The smallest absolute Gasteiger partial charge is 0.260 e. The van der Waals surface area contributed by atoms with Crippen molar-refractivity contribution in [1.82, 2.24) is 24.4 Å². The zero-order chi connectivity index (χ0) is 37.3. The molecule has 3 aromatic heterocycles. The molecule has 0 spiro atoms. The number of nitrogens with zero attached hydrogens (tertiary/aromatic N) is 5. The highest BCUT2D eigenvalue weighted by Gasteiger charge is 2.43. The molecule has 3 aromatic carbocycles. The molecule has 2 unspecified atom stereocenters. The summed E-state index contributed by atoms with van der Waals surface area (Å²) in [4.78, 5) is 51.8. The van der Waals surface area contributed by atoms with Gasteiger partial charge in [-0.1, -0.05) is 36.4 Å². The van der Waals surface area contributed by atoms with Crippen LogP contribution in [0, 0.1) is 6.92 Å². The Morgan fingerprint density at radius 1 is 0.811 bits per heavy atom. The number of phenolic OH excluding ortho intramolecular Hbond substituents is 2. The van der Waals surface area contributed by atoms with Crippen molar-refractivity contribution in [3.8, 4) is 34.8 Å². The highest BCUT2D eigenvalue weighted by molar-refractivity contribution is 6.29. The fourth-order valence-electron chi connectivity index (χ4n) is 6.86. The number of carbonyl (C=O) groups is 3. The van der Waals surface area contributed by atoms with Crippen LogP contribution < -0.4 is 9.47 Å². The first-order chi connectivity index (χ1) is 25.5. The molecule has 15 nitrogen and oxygen atoms in total. The molecule has 5 N–H and O–H groups in total. The van der Waals surface area contributed by atoms with Crippen molar-refractivity contribution < 1.29 is 49.4 Å². The molecule has 0 radical (unpaired) electrons. The molecule has 0 saturated carbocycles. The van der Waals surface area contributed by atoms with Gasteiger partial charge in [-0.3, -0.25) is 19.0 Å². The number of hydrogen-bond donors (Lipinski definition) is 5. The molecule has 2 atom stereocenters. The van der Waals surface area contributed by atoms with E-state index in [4.69, 9.17) is 9.47 Å². The van der Waals surface area contributed by atoms with Crippen LogP contribution in [0.2, 0.25) is 0 Å². The molecule has 53 heavy (non-hydrogen) atoms. The molecule has 0 saturated heterocycles. The van der Waals surface area contributed by atoms with Gasteiger partial charge in [0.25, 0.3) is 5.91 Å². The summed E-state index contributed by atoms with van der Waals surface area (Å²) in [6.45, 7) is 3.66. The number of aliphatic hydroxyl groups is 1. The summed E-state index contributed by atoms with van der Waals surface area (Å²) in [5, 5.41) is 53.0. The van der Waals surface area contributed by atoms with Gasteiger partial charge in [-0.05, 0) is 49.2 Å². The lowest BCUT2D eigenvalue weighted by molar-refractivity contribution is 0.0129. The van der Waals surface area contributed by atoms with E-state index in [1.807, 2.05) is 30.3 Å². The number of aryl methyl sites for hydroxylation is 1. The molecule has 3 aliphatic rings. The molecule has 2 aliphatic heterocycles. The Labute approximate surface area is 299 Å². The van der Waals surface area contributed by atoms with Crippen molar-refractivity contribution in [2.24, 2.45) is 0 Å². The maximum atomic E-state index is 12.9. The van der Waals surface area contributed by atoms with E-state index < -0.39 is 47.3 Å². The molecular weight excluding hydrogens is 686 g/mol. The fourth-order valence-corrected chi connectivity index (χ4v) is 6.86. The lowest BCUT2D eigenvalue weighted by atomic mass is 9.89. The van der Waals surface area contributed by atoms with Crippen molar-refractivity contribution in [2.75, 3.05) is 6.79 Å². The van der Waals surface area contributed by atoms with E-state index in [0.29, 0.717) is 22.8 Å². The van der Waals surface area contributed by atoms with Gasteiger partial charge in [-0.2, -0.15) is 0 Å². The van der Waals surface area contributed by atoms with Crippen LogP contribution in [0.1, 0.15) is 83.9 Å². The van der Waals surface area contributed by atoms with E-state index in [2.05, 4.69) is 15.0 Å². The van der Waals surface area contributed by atoms with E-state index >= 15 is 0 Å². The molecule has 0 bridgehead atoms. The summed E-state index contributed by atoms with van der Waals surface area (Å²) < 4.78 is 11.8. The molecule has 0 fully saturated rings. The second-order valence-corrected chi connectivity index (χ2v) is 12.6. The number of amides is 1. The van der Waals surface area contributed by atoms with E-state index in [9.17, 15) is 39.9 Å². The number of aliphatic hydroxyl groups excluding tert-OH is 1. The first-order valence-corrected chi connectivity index (χ1v) is 16.3. The third kappa shape index (κ3) is 5.08. The summed E-state index contributed by atoms with van der Waals surface area (Å²) in [7, 11) is 0. The number of aromatic hydroxyl groups is 4. The Morgan fingerprint density at radius 3 is 2.19 bits per heavy atom. The number of benzene rings is 3. The van der Waals surface area contributed by atoms with E-state index in [1.54, 1.807) is 38.1 Å². The number of carbonyl (C=O) groups excluding carboxylic acids is 3. The predicted molar refractivity (Wildman–Crippen MR) is 184 cm³/mol. The lowest BCUT2D eigenvalue weighted by Crippen LogP contribution is -2.27. The van der Waals surface area contributed by atoms with Gasteiger partial charge in [-0.25, -0.2) is 15.0 Å². The average Bonchev–Trinajstić information content (AvgIpc) is 3.82. The predicted octanol–water partition coefficient (Wildman–Crippen LogP) is 4.40. The van der Waals surface area contributed by atoms with Crippen LogP contribution in [0.15, 0.2) is 73.1 Å². The number of pyridine rings is 1. The molecular formula is C38H29N5O10. The number of phenols is 2. The molecule has 1 aliphatic carbocycles. The first kappa shape index (κ1) is 33.2. The van der Waals surface area contributed by atoms with Gasteiger partial charge < -0.3 is 39.9 Å². The summed E-state index contributed by atoms with van der Waals surface area (Å²) >= 11 is 0. The zero-order valence-electron chi connectivity index (χ0n) is 28.0. The lowest BCUT2D eigenvalue weighted by Gasteiger charge is -2.21. The number of aromatic nitrogens is 4. The van der Waals surface area contributed by atoms with Crippen LogP contribution in [-0.2, 0) is 6.54 Å².